The molecule has 3 N–H and O–H groups in total. The second kappa shape index (κ2) is 5.00. The number of rotatable bonds is 4. The molecule has 0 spiro atoms. The van der Waals surface area contributed by atoms with E-state index in [9.17, 15) is 4.79 Å². The van der Waals surface area contributed by atoms with Crippen molar-refractivity contribution in [2.75, 3.05) is 7.11 Å². The third-order valence-corrected chi connectivity index (χ3v) is 2.29. The zero-order valence-corrected chi connectivity index (χ0v) is 8.99. The molecule has 0 unspecified atom stereocenters. The topological polar surface area (TPSA) is 72.5 Å². The molecule has 0 aliphatic rings. The van der Waals surface area contributed by atoms with E-state index >= 15 is 0 Å². The van der Waals surface area contributed by atoms with E-state index in [0.29, 0.717) is 16.3 Å². The molecule has 4 nitrogen and oxygen atoms in total. The number of benzene rings is 1. The summed E-state index contributed by atoms with van der Waals surface area (Å²) in [6.07, 6.45) is -0.156. The summed E-state index contributed by atoms with van der Waals surface area (Å²) in [7, 11) is 1.47. The zero-order chi connectivity index (χ0) is 11.4. The number of ether oxygens (including phenoxy) is 1. The first-order valence-electron chi connectivity index (χ1n) is 4.36. The number of hydrogen-bond donors (Lipinski definition) is 2. The van der Waals surface area contributed by atoms with Crippen molar-refractivity contribution in [2.45, 2.75) is 12.5 Å². The lowest BCUT2D eigenvalue weighted by atomic mass is 10.0. The first-order chi connectivity index (χ1) is 7.06. The highest BCUT2D eigenvalue weighted by Crippen LogP contribution is 2.32. The monoisotopic (exact) mass is 229 g/mol. The Hall–Kier alpha value is -1.26. The Balaban J connectivity index is 3.02. The van der Waals surface area contributed by atoms with Crippen LogP contribution in [-0.4, -0.2) is 18.2 Å². The Kier molecular flexibility index (Phi) is 3.94. The highest BCUT2D eigenvalue weighted by Gasteiger charge is 2.16. The van der Waals surface area contributed by atoms with Crippen LogP contribution in [0.3, 0.4) is 0 Å². The largest absolute Gasteiger partial charge is 0.495 e. The maximum absolute atomic E-state index is 10.5. The van der Waals surface area contributed by atoms with Crippen molar-refractivity contribution in [1.29, 1.82) is 0 Å². The standard InChI is InChI=1S/C10H12ClNO3/c1-15-10-6(3-2-4-7(10)11)8(12)5-9(13)14/h2-4,8H,5,12H2,1H3,(H,13,14)/t8-/m0/s1. The molecular formula is C10H12ClNO3. The lowest BCUT2D eigenvalue weighted by molar-refractivity contribution is -0.137. The van der Waals surface area contributed by atoms with Gasteiger partial charge < -0.3 is 15.6 Å². The zero-order valence-electron chi connectivity index (χ0n) is 8.24. The molecular weight excluding hydrogens is 218 g/mol. The number of carbonyl (C=O) groups is 1. The smallest absolute Gasteiger partial charge is 0.305 e. The lowest BCUT2D eigenvalue weighted by Gasteiger charge is -2.14. The molecule has 82 valence electrons. The van der Waals surface area contributed by atoms with Gasteiger partial charge in [0.05, 0.1) is 18.6 Å². The Bertz CT molecular complexity index is 368. The van der Waals surface area contributed by atoms with Gasteiger partial charge in [0.15, 0.2) is 0 Å². The Labute approximate surface area is 92.6 Å². The molecule has 0 aliphatic carbocycles. The van der Waals surface area contributed by atoms with Crippen molar-refractivity contribution in [1.82, 2.24) is 0 Å². The number of halogens is 1. The van der Waals surface area contributed by atoms with Crippen molar-refractivity contribution in [2.24, 2.45) is 5.73 Å². The van der Waals surface area contributed by atoms with Crippen LogP contribution >= 0.6 is 11.6 Å². The first-order valence-corrected chi connectivity index (χ1v) is 4.73. The van der Waals surface area contributed by atoms with Crippen LogP contribution in [0, 0.1) is 0 Å². The summed E-state index contributed by atoms with van der Waals surface area (Å²) in [5, 5.41) is 9.05. The summed E-state index contributed by atoms with van der Waals surface area (Å²) in [4.78, 5) is 10.5. The minimum atomic E-state index is -0.954. The number of aliphatic carboxylic acids is 1. The molecule has 0 radical (unpaired) electrons. The van der Waals surface area contributed by atoms with Gasteiger partial charge in [0.1, 0.15) is 5.75 Å². The molecule has 0 amide bonds. The fourth-order valence-corrected chi connectivity index (χ4v) is 1.59. The van der Waals surface area contributed by atoms with E-state index in [1.165, 1.54) is 7.11 Å². The van der Waals surface area contributed by atoms with E-state index in [0.717, 1.165) is 0 Å². The highest BCUT2D eigenvalue weighted by atomic mass is 35.5. The normalized spacial score (nSPS) is 12.2. The van der Waals surface area contributed by atoms with Gasteiger partial charge in [0.2, 0.25) is 0 Å². The summed E-state index contributed by atoms with van der Waals surface area (Å²) in [5.74, 6) is -0.516. The molecule has 0 fully saturated rings. The fourth-order valence-electron chi connectivity index (χ4n) is 1.33. The minimum Gasteiger partial charge on any atom is -0.495 e. The molecule has 1 aromatic carbocycles. The Morgan fingerprint density at radius 2 is 2.33 bits per heavy atom. The number of nitrogens with two attached hydrogens (primary N) is 1. The summed E-state index contributed by atoms with van der Waals surface area (Å²) in [6, 6.07) is 4.47. The van der Waals surface area contributed by atoms with Gasteiger partial charge in [-0.1, -0.05) is 23.7 Å². The predicted octanol–water partition coefficient (Wildman–Crippen LogP) is 1.82. The van der Waals surface area contributed by atoms with Gasteiger partial charge in [0, 0.05) is 11.6 Å². The van der Waals surface area contributed by atoms with Gasteiger partial charge in [-0.05, 0) is 6.07 Å². The van der Waals surface area contributed by atoms with Crippen molar-refractivity contribution in [3.63, 3.8) is 0 Å². The van der Waals surface area contributed by atoms with Crippen LogP contribution in [0.2, 0.25) is 5.02 Å². The van der Waals surface area contributed by atoms with E-state index < -0.39 is 12.0 Å². The lowest BCUT2D eigenvalue weighted by Crippen LogP contribution is -2.15. The van der Waals surface area contributed by atoms with E-state index in [2.05, 4.69) is 0 Å². The number of para-hydroxylation sites is 1. The molecule has 5 heteroatoms. The summed E-state index contributed by atoms with van der Waals surface area (Å²) >= 11 is 5.88. The van der Waals surface area contributed by atoms with Crippen LogP contribution in [0.5, 0.6) is 5.75 Å². The molecule has 0 heterocycles. The predicted molar refractivity (Wildman–Crippen MR) is 57.2 cm³/mol. The summed E-state index contributed by atoms with van der Waals surface area (Å²) < 4.78 is 5.07. The second-order valence-electron chi connectivity index (χ2n) is 3.07. The number of methoxy groups -OCH3 is 1. The molecule has 0 bridgehead atoms. The van der Waals surface area contributed by atoms with Gasteiger partial charge >= 0.3 is 5.97 Å². The van der Waals surface area contributed by atoms with E-state index in [-0.39, 0.29) is 6.42 Å². The molecule has 0 aromatic heterocycles. The second-order valence-corrected chi connectivity index (χ2v) is 3.47. The van der Waals surface area contributed by atoms with Crippen LogP contribution in [0.1, 0.15) is 18.0 Å². The first kappa shape index (κ1) is 11.8. The molecule has 1 atom stereocenters. The van der Waals surface area contributed by atoms with E-state index in [4.69, 9.17) is 27.2 Å². The number of hydrogen-bond acceptors (Lipinski definition) is 3. The molecule has 1 rings (SSSR count). The Morgan fingerprint density at radius 1 is 1.67 bits per heavy atom. The number of carboxylic acids is 1. The SMILES string of the molecule is COc1c(Cl)cccc1[C@@H](N)CC(=O)O. The number of carboxylic acid groups (broad SMARTS) is 1. The van der Waals surface area contributed by atoms with Gasteiger partial charge in [-0.2, -0.15) is 0 Å². The van der Waals surface area contributed by atoms with Gasteiger partial charge in [-0.15, -0.1) is 0 Å². The van der Waals surface area contributed by atoms with Crippen LogP contribution in [0.4, 0.5) is 0 Å². The van der Waals surface area contributed by atoms with Crippen molar-refractivity contribution >= 4 is 17.6 Å². The average molecular weight is 230 g/mol. The quantitative estimate of drug-likeness (QED) is 0.826. The van der Waals surface area contributed by atoms with Gasteiger partial charge in [-0.3, -0.25) is 4.79 Å². The maximum atomic E-state index is 10.5. The maximum Gasteiger partial charge on any atom is 0.305 e. The highest BCUT2D eigenvalue weighted by molar-refractivity contribution is 6.32. The molecule has 0 saturated carbocycles. The summed E-state index contributed by atoms with van der Waals surface area (Å²) in [6.45, 7) is 0. The van der Waals surface area contributed by atoms with Gasteiger partial charge in [-0.25, -0.2) is 0 Å². The van der Waals surface area contributed by atoms with Crippen molar-refractivity contribution in [3.8, 4) is 5.75 Å². The van der Waals surface area contributed by atoms with Crippen LogP contribution in [-0.2, 0) is 4.79 Å². The third-order valence-electron chi connectivity index (χ3n) is 2.00. The van der Waals surface area contributed by atoms with Crippen LogP contribution in [0.15, 0.2) is 18.2 Å². The molecule has 1 aromatic rings. The molecule has 15 heavy (non-hydrogen) atoms. The van der Waals surface area contributed by atoms with Crippen LogP contribution in [0.25, 0.3) is 0 Å². The van der Waals surface area contributed by atoms with Crippen molar-refractivity contribution in [3.05, 3.63) is 28.8 Å². The minimum absolute atomic E-state index is 0.156. The third kappa shape index (κ3) is 2.84. The molecule has 0 saturated heterocycles. The average Bonchev–Trinajstić information content (AvgIpc) is 2.16. The summed E-state index contributed by atoms with van der Waals surface area (Å²) in [5.41, 5.74) is 6.33. The van der Waals surface area contributed by atoms with E-state index in [1.807, 2.05) is 0 Å². The Morgan fingerprint density at radius 3 is 2.87 bits per heavy atom. The van der Waals surface area contributed by atoms with E-state index in [1.54, 1.807) is 18.2 Å². The van der Waals surface area contributed by atoms with Gasteiger partial charge in [0.25, 0.3) is 0 Å². The van der Waals surface area contributed by atoms with Crippen molar-refractivity contribution < 1.29 is 14.6 Å². The van der Waals surface area contributed by atoms with Crippen LogP contribution < -0.4 is 10.5 Å². The fraction of sp³-hybridized carbons (Fsp3) is 0.300. The molecule has 0 aliphatic heterocycles.